The lowest BCUT2D eigenvalue weighted by atomic mass is 9.79. The van der Waals surface area contributed by atoms with Gasteiger partial charge in [-0.3, -0.25) is 14.6 Å². The van der Waals surface area contributed by atoms with E-state index >= 15 is 0 Å². The topological polar surface area (TPSA) is 70.1 Å². The highest BCUT2D eigenvalue weighted by Crippen LogP contribution is 2.45. The molecule has 3 fully saturated rings. The van der Waals surface area contributed by atoms with Gasteiger partial charge in [0.05, 0.1) is 24.4 Å². The summed E-state index contributed by atoms with van der Waals surface area (Å²) in [5.74, 6) is -4.36. The van der Waals surface area contributed by atoms with Gasteiger partial charge in [0.2, 0.25) is 0 Å². The Morgan fingerprint density at radius 3 is 2.38 bits per heavy atom. The number of carbonyl (C=O) groups excluding carboxylic acids is 1. The fourth-order valence-corrected chi connectivity index (χ4v) is 3.98. The van der Waals surface area contributed by atoms with Crippen molar-refractivity contribution in [3.8, 4) is 0 Å². The second kappa shape index (κ2) is 5.54. The second-order valence-electron chi connectivity index (χ2n) is 8.15. The number of hydrogen-bond acceptors (Lipinski definition) is 4. The first-order chi connectivity index (χ1) is 11.0. The predicted octanol–water partition coefficient (Wildman–Crippen LogP) is 2.04. The van der Waals surface area contributed by atoms with Crippen LogP contribution in [-0.4, -0.2) is 70.2 Å². The Kier molecular flexibility index (Phi) is 4.01. The van der Waals surface area contributed by atoms with E-state index in [1.54, 1.807) is 0 Å². The number of carbonyl (C=O) groups is 2. The Hall–Kier alpha value is -1.44. The molecule has 1 aliphatic carbocycles. The van der Waals surface area contributed by atoms with Crippen LogP contribution >= 0.6 is 0 Å². The van der Waals surface area contributed by atoms with E-state index in [1.165, 1.54) is 0 Å². The van der Waals surface area contributed by atoms with E-state index < -0.39 is 36.1 Å². The van der Waals surface area contributed by atoms with Crippen LogP contribution in [0.15, 0.2) is 0 Å². The van der Waals surface area contributed by atoms with Gasteiger partial charge in [-0.15, -0.1) is 0 Å². The average molecular weight is 346 g/mol. The van der Waals surface area contributed by atoms with Gasteiger partial charge in [0.25, 0.3) is 5.92 Å². The standard InChI is InChI=1S/C16H24F2N2O4/c1-15(2,3)24-13(21)9-4-10(5-9)19-6-11-12(7-19)20(14(22)23)8-16(11,17)18/h9-12H,4-8H2,1-3H3,(H,22,23). The summed E-state index contributed by atoms with van der Waals surface area (Å²) in [5.41, 5.74) is -0.531. The molecule has 2 atom stereocenters. The fraction of sp³-hybridized carbons (Fsp3) is 0.875. The second-order valence-corrected chi connectivity index (χ2v) is 8.15. The molecule has 1 saturated carbocycles. The van der Waals surface area contributed by atoms with Crippen molar-refractivity contribution in [2.24, 2.45) is 11.8 Å². The third kappa shape index (κ3) is 3.08. The molecule has 1 N–H and O–H groups in total. The van der Waals surface area contributed by atoms with Crippen LogP contribution in [0.5, 0.6) is 0 Å². The van der Waals surface area contributed by atoms with Crippen LogP contribution in [0.3, 0.4) is 0 Å². The Balaban J connectivity index is 1.56. The van der Waals surface area contributed by atoms with Crippen molar-refractivity contribution in [1.29, 1.82) is 0 Å². The Morgan fingerprint density at radius 2 is 1.83 bits per heavy atom. The molecule has 136 valence electrons. The van der Waals surface area contributed by atoms with Crippen LogP contribution in [0.4, 0.5) is 13.6 Å². The molecule has 24 heavy (non-hydrogen) atoms. The minimum atomic E-state index is -2.98. The van der Waals surface area contributed by atoms with Crippen LogP contribution < -0.4 is 0 Å². The zero-order chi connectivity index (χ0) is 17.9. The normalized spacial score (nSPS) is 35.5. The van der Waals surface area contributed by atoms with Crippen molar-refractivity contribution in [1.82, 2.24) is 9.80 Å². The zero-order valence-electron chi connectivity index (χ0n) is 14.2. The molecular weight excluding hydrogens is 322 g/mol. The van der Waals surface area contributed by atoms with Crippen molar-refractivity contribution < 1.29 is 28.2 Å². The summed E-state index contributed by atoms with van der Waals surface area (Å²) in [5, 5.41) is 9.12. The van der Waals surface area contributed by atoms with E-state index in [2.05, 4.69) is 0 Å². The van der Waals surface area contributed by atoms with Crippen molar-refractivity contribution in [2.45, 2.75) is 57.2 Å². The summed E-state index contributed by atoms with van der Waals surface area (Å²) in [6.45, 7) is 5.23. The van der Waals surface area contributed by atoms with Gasteiger partial charge in [0, 0.05) is 19.1 Å². The van der Waals surface area contributed by atoms with Crippen LogP contribution in [0.1, 0.15) is 33.6 Å². The number of esters is 1. The van der Waals surface area contributed by atoms with E-state index in [0.29, 0.717) is 19.4 Å². The number of halogens is 2. The number of likely N-dealkylation sites (tertiary alicyclic amines) is 2. The van der Waals surface area contributed by atoms with E-state index in [-0.39, 0.29) is 24.5 Å². The largest absolute Gasteiger partial charge is 0.465 e. The van der Waals surface area contributed by atoms with Crippen molar-refractivity contribution in [3.63, 3.8) is 0 Å². The molecule has 2 saturated heterocycles. The quantitative estimate of drug-likeness (QED) is 0.775. The first-order valence-corrected chi connectivity index (χ1v) is 8.32. The highest BCUT2D eigenvalue weighted by molar-refractivity contribution is 5.74. The van der Waals surface area contributed by atoms with Crippen molar-refractivity contribution in [3.05, 3.63) is 0 Å². The van der Waals surface area contributed by atoms with Gasteiger partial charge in [-0.2, -0.15) is 0 Å². The lowest BCUT2D eigenvalue weighted by Crippen LogP contribution is -2.49. The summed E-state index contributed by atoms with van der Waals surface area (Å²) >= 11 is 0. The molecule has 0 aromatic rings. The zero-order valence-corrected chi connectivity index (χ0v) is 14.2. The highest BCUT2D eigenvalue weighted by atomic mass is 19.3. The Labute approximate surface area is 139 Å². The maximum absolute atomic E-state index is 14.1. The molecule has 0 radical (unpaired) electrons. The van der Waals surface area contributed by atoms with Gasteiger partial charge in [0.15, 0.2) is 0 Å². The number of rotatable bonds is 2. The summed E-state index contributed by atoms with van der Waals surface area (Å²) in [6, 6.07) is -0.599. The third-order valence-electron chi connectivity index (χ3n) is 5.26. The maximum atomic E-state index is 14.1. The number of hydrogen-bond donors (Lipinski definition) is 1. The molecule has 2 unspecified atom stereocenters. The fourth-order valence-electron chi connectivity index (χ4n) is 3.98. The summed E-state index contributed by atoms with van der Waals surface area (Å²) in [6.07, 6.45) is -0.107. The molecule has 0 aromatic carbocycles. The molecular formula is C16H24F2N2O4. The minimum absolute atomic E-state index is 0.0552. The molecule has 0 spiro atoms. The molecule has 2 heterocycles. The SMILES string of the molecule is CC(C)(C)OC(=O)C1CC(N2CC3C(C2)C(F)(F)CN3C(=O)O)C1. The van der Waals surface area contributed by atoms with Crippen molar-refractivity contribution >= 4 is 12.1 Å². The Morgan fingerprint density at radius 1 is 1.21 bits per heavy atom. The third-order valence-corrected chi connectivity index (χ3v) is 5.26. The monoisotopic (exact) mass is 346 g/mol. The van der Waals surface area contributed by atoms with Crippen LogP contribution in [0.2, 0.25) is 0 Å². The average Bonchev–Trinajstić information content (AvgIpc) is 2.85. The van der Waals surface area contributed by atoms with E-state index in [1.807, 2.05) is 25.7 Å². The first kappa shape index (κ1) is 17.4. The molecule has 0 aromatic heterocycles. The summed E-state index contributed by atoms with van der Waals surface area (Å²) in [7, 11) is 0. The number of amides is 1. The van der Waals surface area contributed by atoms with Gasteiger partial charge in [0.1, 0.15) is 5.60 Å². The molecule has 1 amide bonds. The van der Waals surface area contributed by atoms with Gasteiger partial charge >= 0.3 is 12.1 Å². The van der Waals surface area contributed by atoms with Crippen LogP contribution in [-0.2, 0) is 9.53 Å². The number of nitrogens with zero attached hydrogens (tertiary/aromatic N) is 2. The number of ether oxygens (including phenoxy) is 1. The van der Waals surface area contributed by atoms with Gasteiger partial charge in [-0.05, 0) is 33.6 Å². The maximum Gasteiger partial charge on any atom is 0.407 e. The molecule has 2 aliphatic heterocycles. The summed E-state index contributed by atoms with van der Waals surface area (Å²) < 4.78 is 33.5. The van der Waals surface area contributed by atoms with Crippen LogP contribution in [0.25, 0.3) is 0 Å². The van der Waals surface area contributed by atoms with Crippen LogP contribution in [0, 0.1) is 11.8 Å². The molecule has 0 bridgehead atoms. The molecule has 6 nitrogen and oxygen atoms in total. The number of fused-ring (bicyclic) bond motifs is 1. The van der Waals surface area contributed by atoms with Crippen molar-refractivity contribution in [2.75, 3.05) is 19.6 Å². The Bertz CT molecular complexity index is 543. The predicted molar refractivity (Wildman–Crippen MR) is 80.9 cm³/mol. The lowest BCUT2D eigenvalue weighted by molar-refractivity contribution is -0.165. The summed E-state index contributed by atoms with van der Waals surface area (Å²) in [4.78, 5) is 26.0. The van der Waals surface area contributed by atoms with E-state index in [0.717, 1.165) is 4.90 Å². The number of alkyl halides is 2. The van der Waals surface area contributed by atoms with E-state index in [9.17, 15) is 18.4 Å². The smallest absolute Gasteiger partial charge is 0.407 e. The van der Waals surface area contributed by atoms with E-state index in [4.69, 9.17) is 9.84 Å². The first-order valence-electron chi connectivity index (χ1n) is 8.32. The lowest BCUT2D eigenvalue weighted by Gasteiger charge is -2.41. The molecule has 3 rings (SSSR count). The minimum Gasteiger partial charge on any atom is -0.465 e. The van der Waals surface area contributed by atoms with Gasteiger partial charge in [-0.25, -0.2) is 13.6 Å². The molecule has 8 heteroatoms. The van der Waals surface area contributed by atoms with Gasteiger partial charge in [-0.1, -0.05) is 0 Å². The molecule has 3 aliphatic rings. The highest BCUT2D eigenvalue weighted by Gasteiger charge is 2.60. The number of carboxylic acid groups (broad SMARTS) is 1. The van der Waals surface area contributed by atoms with Gasteiger partial charge < -0.3 is 9.84 Å².